The van der Waals surface area contributed by atoms with E-state index in [9.17, 15) is 4.79 Å². The lowest BCUT2D eigenvalue weighted by Crippen LogP contribution is -2.22. The fraction of sp³-hybridized carbons (Fsp3) is 0.286. The number of methoxy groups -OCH3 is 1. The van der Waals surface area contributed by atoms with Gasteiger partial charge in [0.05, 0.1) is 13.3 Å². The highest BCUT2D eigenvalue weighted by Gasteiger charge is 2.15. The third kappa shape index (κ3) is 6.01. The number of esters is 1. The molecule has 0 heterocycles. The summed E-state index contributed by atoms with van der Waals surface area (Å²) in [5, 5.41) is 3.97. The van der Waals surface area contributed by atoms with Crippen molar-refractivity contribution >= 4 is 26.1 Å². The summed E-state index contributed by atoms with van der Waals surface area (Å²) in [6.45, 7) is 6.11. The van der Waals surface area contributed by atoms with E-state index in [1.807, 2.05) is 50.0 Å². The normalized spacial score (nSPS) is 12.5. The number of benzene rings is 1. The van der Waals surface area contributed by atoms with Crippen LogP contribution in [-0.2, 0) is 14.1 Å². The molecule has 4 nitrogen and oxygen atoms in total. The number of hydrogen-bond donors (Lipinski definition) is 0. The van der Waals surface area contributed by atoms with Crippen LogP contribution < -0.4 is 0 Å². The molecule has 1 aromatic carbocycles. The second-order valence-electron chi connectivity index (χ2n) is 4.93. The smallest absolute Gasteiger partial charge is 0.331 e. The van der Waals surface area contributed by atoms with Gasteiger partial charge in [-0.15, -0.1) is 5.16 Å². The summed E-state index contributed by atoms with van der Waals surface area (Å²) in [7, 11) is -0.370. The van der Waals surface area contributed by atoms with Crippen molar-refractivity contribution in [3.63, 3.8) is 0 Å². The maximum Gasteiger partial charge on any atom is 0.331 e. The van der Waals surface area contributed by atoms with Crippen molar-refractivity contribution in [2.24, 2.45) is 5.16 Å². The van der Waals surface area contributed by atoms with Gasteiger partial charge in [0, 0.05) is 11.6 Å². The Balaban J connectivity index is 2.95. The molecule has 0 aromatic heterocycles. The summed E-state index contributed by atoms with van der Waals surface area (Å²) in [4.78, 5) is 11.4. The molecule has 1 rings (SSSR count). The standard InChI is InChI=1S/C14H19NO3Si/c1-17-14(16)10-13(11-15-18-19(2,3)4)12-8-6-5-7-9-12/h5-11H,1-4H3/b13-10-,15-11-. The molecule has 0 amide bonds. The summed E-state index contributed by atoms with van der Waals surface area (Å²) in [5.74, 6) is -0.418. The lowest BCUT2D eigenvalue weighted by Gasteiger charge is -2.12. The van der Waals surface area contributed by atoms with E-state index in [1.54, 1.807) is 6.21 Å². The van der Waals surface area contributed by atoms with E-state index < -0.39 is 14.3 Å². The number of carbonyl (C=O) groups is 1. The van der Waals surface area contributed by atoms with E-state index >= 15 is 0 Å². The van der Waals surface area contributed by atoms with Crippen LogP contribution in [0.25, 0.3) is 5.57 Å². The molecule has 19 heavy (non-hydrogen) atoms. The van der Waals surface area contributed by atoms with E-state index in [2.05, 4.69) is 9.89 Å². The minimum Gasteiger partial charge on any atom is -0.466 e. The number of allylic oxidation sites excluding steroid dienone is 1. The van der Waals surface area contributed by atoms with E-state index in [4.69, 9.17) is 4.53 Å². The molecule has 0 aliphatic heterocycles. The van der Waals surface area contributed by atoms with Gasteiger partial charge in [0.1, 0.15) is 0 Å². The maximum atomic E-state index is 11.4. The van der Waals surface area contributed by atoms with Crippen LogP contribution in [0.5, 0.6) is 0 Å². The molecule has 0 atom stereocenters. The van der Waals surface area contributed by atoms with Gasteiger partial charge in [0.15, 0.2) is 0 Å². The van der Waals surface area contributed by atoms with Crippen molar-refractivity contribution in [3.8, 4) is 0 Å². The third-order valence-electron chi connectivity index (χ3n) is 2.10. The number of carbonyl (C=O) groups excluding carboxylic acids is 1. The molecule has 0 unspecified atom stereocenters. The van der Waals surface area contributed by atoms with Gasteiger partial charge >= 0.3 is 5.97 Å². The Labute approximate surface area is 114 Å². The first-order valence-corrected chi connectivity index (χ1v) is 9.40. The SMILES string of the molecule is COC(=O)/C=C(/C=N\O[Si](C)(C)C)c1ccccc1. The Morgan fingerprint density at radius 3 is 2.37 bits per heavy atom. The first-order valence-electron chi connectivity index (χ1n) is 5.99. The van der Waals surface area contributed by atoms with Crippen LogP contribution in [0.4, 0.5) is 0 Å². The Hall–Kier alpha value is -1.88. The Morgan fingerprint density at radius 1 is 1.21 bits per heavy atom. The second-order valence-corrected chi connectivity index (χ2v) is 9.33. The van der Waals surface area contributed by atoms with Crippen molar-refractivity contribution in [1.82, 2.24) is 0 Å². The largest absolute Gasteiger partial charge is 0.466 e. The van der Waals surface area contributed by atoms with Gasteiger partial charge in [-0.3, -0.25) is 0 Å². The predicted molar refractivity (Wildman–Crippen MR) is 79.4 cm³/mol. The second kappa shape index (κ2) is 6.89. The van der Waals surface area contributed by atoms with Crippen molar-refractivity contribution < 1.29 is 14.1 Å². The molecule has 0 radical (unpaired) electrons. The molecule has 0 bridgehead atoms. The van der Waals surface area contributed by atoms with Crippen LogP contribution in [0.1, 0.15) is 5.56 Å². The Bertz CT molecular complexity index is 475. The highest BCUT2D eigenvalue weighted by Crippen LogP contribution is 2.13. The van der Waals surface area contributed by atoms with Crippen LogP contribution in [-0.4, -0.2) is 27.6 Å². The van der Waals surface area contributed by atoms with Crippen LogP contribution in [0.3, 0.4) is 0 Å². The molecule has 1 aromatic rings. The fourth-order valence-corrected chi connectivity index (χ4v) is 1.62. The van der Waals surface area contributed by atoms with Crippen LogP contribution in [0, 0.1) is 0 Å². The van der Waals surface area contributed by atoms with Gasteiger partial charge in [0.25, 0.3) is 8.32 Å². The fourth-order valence-electron chi connectivity index (χ4n) is 1.25. The monoisotopic (exact) mass is 277 g/mol. The van der Waals surface area contributed by atoms with Gasteiger partial charge in [-0.2, -0.15) is 0 Å². The maximum absolute atomic E-state index is 11.4. The molecule has 102 valence electrons. The molecule has 0 spiro atoms. The zero-order valence-corrected chi connectivity index (χ0v) is 12.7. The summed E-state index contributed by atoms with van der Waals surface area (Å²) in [6, 6.07) is 9.50. The number of nitrogens with zero attached hydrogens (tertiary/aromatic N) is 1. The van der Waals surface area contributed by atoms with E-state index in [0.29, 0.717) is 5.57 Å². The number of ether oxygens (including phenoxy) is 1. The molecule has 0 aliphatic carbocycles. The highest BCUT2D eigenvalue weighted by atomic mass is 28.4. The summed E-state index contributed by atoms with van der Waals surface area (Å²) in [6.07, 6.45) is 2.94. The van der Waals surface area contributed by atoms with Crippen molar-refractivity contribution in [1.29, 1.82) is 0 Å². The van der Waals surface area contributed by atoms with Crippen LogP contribution in [0.15, 0.2) is 41.6 Å². The number of rotatable bonds is 5. The van der Waals surface area contributed by atoms with Crippen molar-refractivity contribution in [2.75, 3.05) is 7.11 Å². The van der Waals surface area contributed by atoms with Gasteiger partial charge in [-0.1, -0.05) is 30.3 Å². The molecule has 0 saturated carbocycles. The molecular formula is C14H19NO3Si. The van der Waals surface area contributed by atoms with E-state index in [1.165, 1.54) is 13.2 Å². The minimum absolute atomic E-state index is 0.418. The van der Waals surface area contributed by atoms with Gasteiger partial charge in [-0.05, 0) is 25.2 Å². The summed E-state index contributed by atoms with van der Waals surface area (Å²) < 4.78 is 10.1. The zero-order chi connectivity index (χ0) is 14.3. The zero-order valence-electron chi connectivity index (χ0n) is 11.7. The van der Waals surface area contributed by atoms with Gasteiger partial charge in [-0.25, -0.2) is 4.79 Å². The average Bonchev–Trinajstić information content (AvgIpc) is 2.37. The molecular weight excluding hydrogens is 258 g/mol. The number of oxime groups is 1. The molecule has 5 heteroatoms. The first-order chi connectivity index (χ1) is 8.92. The van der Waals surface area contributed by atoms with Gasteiger partial charge in [0.2, 0.25) is 0 Å². The molecule has 0 fully saturated rings. The van der Waals surface area contributed by atoms with E-state index in [0.717, 1.165) is 5.56 Å². The van der Waals surface area contributed by atoms with Gasteiger partial charge < -0.3 is 9.26 Å². The summed E-state index contributed by atoms with van der Waals surface area (Å²) >= 11 is 0. The van der Waals surface area contributed by atoms with Crippen molar-refractivity contribution in [2.45, 2.75) is 19.6 Å². The quantitative estimate of drug-likeness (QED) is 0.273. The van der Waals surface area contributed by atoms with Crippen LogP contribution in [0.2, 0.25) is 19.6 Å². The molecule has 0 aliphatic rings. The van der Waals surface area contributed by atoms with Crippen molar-refractivity contribution in [3.05, 3.63) is 42.0 Å². The minimum atomic E-state index is -1.71. The molecule has 0 saturated heterocycles. The van der Waals surface area contributed by atoms with E-state index in [-0.39, 0.29) is 0 Å². The topological polar surface area (TPSA) is 47.9 Å². The number of hydrogen-bond acceptors (Lipinski definition) is 4. The highest BCUT2D eigenvalue weighted by molar-refractivity contribution is 6.69. The first kappa shape index (κ1) is 15.2. The Morgan fingerprint density at radius 2 is 1.84 bits per heavy atom. The summed E-state index contributed by atoms with van der Waals surface area (Å²) in [5.41, 5.74) is 1.54. The van der Waals surface area contributed by atoms with Crippen LogP contribution >= 0.6 is 0 Å². The lowest BCUT2D eigenvalue weighted by atomic mass is 10.1. The average molecular weight is 277 g/mol. The molecule has 0 N–H and O–H groups in total. The Kier molecular flexibility index (Phi) is 5.50. The lowest BCUT2D eigenvalue weighted by molar-refractivity contribution is -0.134. The third-order valence-corrected chi connectivity index (χ3v) is 2.75. The predicted octanol–water partition coefficient (Wildman–Crippen LogP) is 3.08.